The first-order valence-electron chi connectivity index (χ1n) is 11.7. The normalized spacial score (nSPS) is 15.7. The van der Waals surface area contributed by atoms with Gasteiger partial charge in [-0.2, -0.15) is 4.31 Å². The van der Waals surface area contributed by atoms with Crippen molar-refractivity contribution >= 4 is 27.5 Å². The van der Waals surface area contributed by atoms with E-state index in [9.17, 15) is 18.0 Å². The van der Waals surface area contributed by atoms with Crippen LogP contribution in [0, 0.1) is 0 Å². The van der Waals surface area contributed by atoms with Crippen molar-refractivity contribution in [1.29, 1.82) is 0 Å². The number of rotatable bonds is 8. The molecule has 1 saturated heterocycles. The van der Waals surface area contributed by atoms with Gasteiger partial charge >= 0.3 is 0 Å². The van der Waals surface area contributed by atoms with E-state index in [-0.39, 0.29) is 28.2 Å². The lowest BCUT2D eigenvalue weighted by atomic mass is 10.1. The van der Waals surface area contributed by atoms with Gasteiger partial charge in [0, 0.05) is 19.1 Å². The van der Waals surface area contributed by atoms with Gasteiger partial charge in [-0.15, -0.1) is 0 Å². The van der Waals surface area contributed by atoms with Crippen molar-refractivity contribution in [3.63, 3.8) is 0 Å². The Labute approximate surface area is 201 Å². The van der Waals surface area contributed by atoms with Gasteiger partial charge in [0.25, 0.3) is 11.8 Å². The van der Waals surface area contributed by atoms with Gasteiger partial charge in [-0.05, 0) is 56.5 Å². The maximum atomic E-state index is 13.2. The average Bonchev–Trinajstić information content (AvgIpc) is 3.14. The number of nitrogens with zero attached hydrogens (tertiary/aromatic N) is 1. The number of amides is 2. The van der Waals surface area contributed by atoms with Crippen molar-refractivity contribution in [2.24, 2.45) is 0 Å². The molecule has 0 saturated carbocycles. The lowest BCUT2D eigenvalue weighted by molar-refractivity contribution is 0.0940. The van der Waals surface area contributed by atoms with Gasteiger partial charge in [0.1, 0.15) is 5.75 Å². The summed E-state index contributed by atoms with van der Waals surface area (Å²) in [6.07, 6.45) is 4.42. The van der Waals surface area contributed by atoms with E-state index in [4.69, 9.17) is 4.74 Å². The predicted molar refractivity (Wildman–Crippen MR) is 132 cm³/mol. The molecular weight excluding hydrogens is 454 g/mol. The fourth-order valence-electron chi connectivity index (χ4n) is 3.84. The minimum atomic E-state index is -3.74. The van der Waals surface area contributed by atoms with Crippen molar-refractivity contribution in [2.75, 3.05) is 25.5 Å². The Hall–Kier alpha value is -2.91. The molecule has 2 aromatic carbocycles. The number of para-hydroxylation sites is 1. The third kappa shape index (κ3) is 5.95. The number of hydrogen-bond donors (Lipinski definition) is 2. The van der Waals surface area contributed by atoms with Gasteiger partial charge in [-0.3, -0.25) is 9.59 Å². The van der Waals surface area contributed by atoms with Gasteiger partial charge < -0.3 is 15.4 Å². The topological polar surface area (TPSA) is 105 Å². The van der Waals surface area contributed by atoms with Crippen molar-refractivity contribution in [2.45, 2.75) is 56.9 Å². The van der Waals surface area contributed by atoms with Gasteiger partial charge in [-0.1, -0.05) is 31.9 Å². The van der Waals surface area contributed by atoms with E-state index < -0.39 is 15.9 Å². The molecule has 1 heterocycles. The quantitative estimate of drug-likeness (QED) is 0.585. The van der Waals surface area contributed by atoms with Gasteiger partial charge in [0.15, 0.2) is 0 Å². The standard InChI is InChI=1S/C25H33N3O5S/c1-4-18(2)26-24(29)20-11-7-8-12-22(20)27-25(30)21-17-19(13-14-23(21)33-3)34(31,32)28-15-9-5-6-10-16-28/h7-8,11-14,17-18H,4-6,9-10,15-16H2,1-3H3,(H,26,29)(H,27,30). The minimum absolute atomic E-state index is 0.0165. The molecule has 1 fully saturated rings. The van der Waals surface area contributed by atoms with Crippen LogP contribution in [0.25, 0.3) is 0 Å². The molecule has 2 amide bonds. The average molecular weight is 488 g/mol. The maximum Gasteiger partial charge on any atom is 0.259 e. The molecule has 8 nitrogen and oxygen atoms in total. The van der Waals surface area contributed by atoms with Crippen molar-refractivity contribution in [1.82, 2.24) is 9.62 Å². The van der Waals surface area contributed by atoms with Gasteiger partial charge in [0.05, 0.1) is 28.8 Å². The van der Waals surface area contributed by atoms with Crippen molar-refractivity contribution in [3.05, 3.63) is 53.6 Å². The molecule has 1 atom stereocenters. The van der Waals surface area contributed by atoms with E-state index in [2.05, 4.69) is 10.6 Å². The SMILES string of the molecule is CCC(C)NC(=O)c1ccccc1NC(=O)c1cc(S(=O)(=O)N2CCCCCC2)ccc1OC. The summed E-state index contributed by atoms with van der Waals surface area (Å²) in [7, 11) is -2.32. The largest absolute Gasteiger partial charge is 0.496 e. The van der Waals surface area contributed by atoms with Crippen molar-refractivity contribution in [3.8, 4) is 5.75 Å². The predicted octanol–water partition coefficient (Wildman–Crippen LogP) is 4.04. The second-order valence-electron chi connectivity index (χ2n) is 8.46. The van der Waals surface area contributed by atoms with Crippen LogP contribution in [0.4, 0.5) is 5.69 Å². The molecule has 0 radical (unpaired) electrons. The Morgan fingerprint density at radius 1 is 1.00 bits per heavy atom. The highest BCUT2D eigenvalue weighted by Crippen LogP contribution is 2.27. The van der Waals surface area contributed by atoms with E-state index in [1.54, 1.807) is 24.3 Å². The summed E-state index contributed by atoms with van der Waals surface area (Å²) in [5.74, 6) is -0.614. The number of carbonyl (C=O) groups is 2. The molecule has 2 N–H and O–H groups in total. The molecule has 34 heavy (non-hydrogen) atoms. The number of anilines is 1. The molecule has 9 heteroatoms. The van der Waals surface area contributed by atoms with Crippen LogP contribution in [-0.2, 0) is 10.0 Å². The number of methoxy groups -OCH3 is 1. The second kappa shape index (κ2) is 11.5. The fourth-order valence-corrected chi connectivity index (χ4v) is 5.38. The smallest absolute Gasteiger partial charge is 0.259 e. The van der Waals surface area contributed by atoms with Crippen molar-refractivity contribution < 1.29 is 22.7 Å². The zero-order valence-electron chi connectivity index (χ0n) is 20.0. The van der Waals surface area contributed by atoms with Gasteiger partial charge in [-0.25, -0.2) is 8.42 Å². The first kappa shape index (κ1) is 25.7. The highest BCUT2D eigenvalue weighted by molar-refractivity contribution is 7.89. The molecule has 0 aromatic heterocycles. The molecule has 184 valence electrons. The molecule has 2 aromatic rings. The second-order valence-corrected chi connectivity index (χ2v) is 10.4. The fraction of sp³-hybridized carbons (Fsp3) is 0.440. The number of ether oxygens (including phenoxy) is 1. The Morgan fingerprint density at radius 3 is 2.32 bits per heavy atom. The van der Waals surface area contributed by atoms with Crippen LogP contribution in [-0.4, -0.2) is 50.8 Å². The van der Waals surface area contributed by atoms with Crippen LogP contribution in [0.1, 0.15) is 66.7 Å². The summed E-state index contributed by atoms with van der Waals surface area (Å²) < 4.78 is 33.3. The van der Waals surface area contributed by atoms with Crippen LogP contribution in [0.5, 0.6) is 5.75 Å². The number of sulfonamides is 1. The van der Waals surface area contributed by atoms with Crippen LogP contribution >= 0.6 is 0 Å². The maximum absolute atomic E-state index is 13.2. The van der Waals surface area contributed by atoms with Crippen LogP contribution < -0.4 is 15.4 Å². The van der Waals surface area contributed by atoms with Crippen LogP contribution in [0.2, 0.25) is 0 Å². The van der Waals surface area contributed by atoms with E-state index in [0.29, 0.717) is 24.3 Å². The van der Waals surface area contributed by atoms with Gasteiger partial charge in [0.2, 0.25) is 10.0 Å². The number of benzene rings is 2. The first-order chi connectivity index (χ1) is 16.3. The summed E-state index contributed by atoms with van der Waals surface area (Å²) in [4.78, 5) is 26.0. The molecular formula is C25H33N3O5S. The highest BCUT2D eigenvalue weighted by Gasteiger charge is 2.27. The Kier molecular flexibility index (Phi) is 8.68. The van der Waals surface area contributed by atoms with E-state index >= 15 is 0 Å². The molecule has 0 aliphatic carbocycles. The zero-order chi connectivity index (χ0) is 24.7. The number of hydrogen-bond acceptors (Lipinski definition) is 5. The Bertz CT molecular complexity index is 1130. The number of carbonyl (C=O) groups excluding carboxylic acids is 2. The highest BCUT2D eigenvalue weighted by atomic mass is 32.2. The molecule has 0 spiro atoms. The van der Waals surface area contributed by atoms with E-state index in [1.165, 1.54) is 29.6 Å². The van der Waals surface area contributed by atoms with Crippen LogP contribution in [0.3, 0.4) is 0 Å². The molecule has 1 aliphatic rings. The molecule has 0 bridgehead atoms. The third-order valence-corrected chi connectivity index (χ3v) is 7.92. The first-order valence-corrected chi connectivity index (χ1v) is 13.1. The third-order valence-electron chi connectivity index (χ3n) is 6.03. The monoisotopic (exact) mass is 487 g/mol. The molecule has 3 rings (SSSR count). The summed E-state index contributed by atoms with van der Waals surface area (Å²) >= 11 is 0. The lowest BCUT2D eigenvalue weighted by Crippen LogP contribution is -2.33. The molecule has 1 unspecified atom stereocenters. The summed E-state index contributed by atoms with van der Waals surface area (Å²) in [5, 5.41) is 5.65. The summed E-state index contributed by atoms with van der Waals surface area (Å²) in [6, 6.07) is 11.0. The van der Waals surface area contributed by atoms with E-state index in [0.717, 1.165) is 32.1 Å². The summed E-state index contributed by atoms with van der Waals surface area (Å²) in [6.45, 7) is 4.81. The lowest BCUT2D eigenvalue weighted by Gasteiger charge is -2.21. The number of nitrogens with one attached hydrogen (secondary N) is 2. The van der Waals surface area contributed by atoms with E-state index in [1.807, 2.05) is 13.8 Å². The minimum Gasteiger partial charge on any atom is -0.496 e. The van der Waals surface area contributed by atoms with Crippen LogP contribution in [0.15, 0.2) is 47.4 Å². The summed E-state index contributed by atoms with van der Waals surface area (Å²) in [5.41, 5.74) is 0.732. The zero-order valence-corrected chi connectivity index (χ0v) is 20.8. The Morgan fingerprint density at radius 2 is 1.68 bits per heavy atom. The molecule has 1 aliphatic heterocycles. The Balaban J connectivity index is 1.90.